The summed E-state index contributed by atoms with van der Waals surface area (Å²) in [6.45, 7) is 1.01. The molecule has 0 aromatic heterocycles. The molecular formula is C17H31ClN2O2. The zero-order valence-corrected chi connectivity index (χ0v) is 14.3. The Hall–Kier alpha value is -0.320. The minimum atomic E-state index is 0. The van der Waals surface area contributed by atoms with Crippen LogP contribution in [0.15, 0.2) is 0 Å². The van der Waals surface area contributed by atoms with E-state index in [4.69, 9.17) is 0 Å². The lowest BCUT2D eigenvalue weighted by atomic mass is 9.82. The minimum Gasteiger partial charge on any atom is -0.396 e. The van der Waals surface area contributed by atoms with E-state index in [1.54, 1.807) is 0 Å². The minimum absolute atomic E-state index is 0. The van der Waals surface area contributed by atoms with E-state index in [0.717, 1.165) is 25.8 Å². The van der Waals surface area contributed by atoms with Gasteiger partial charge in [-0.3, -0.25) is 4.79 Å². The number of piperidine rings is 1. The summed E-state index contributed by atoms with van der Waals surface area (Å²) >= 11 is 0. The molecule has 128 valence electrons. The summed E-state index contributed by atoms with van der Waals surface area (Å²) in [5, 5.41) is 16.1. The summed E-state index contributed by atoms with van der Waals surface area (Å²) in [6.07, 6.45) is 11.3. The highest BCUT2D eigenvalue weighted by molar-refractivity contribution is 5.85. The van der Waals surface area contributed by atoms with Crippen molar-refractivity contribution in [3.05, 3.63) is 0 Å². The highest BCUT2D eigenvalue weighted by Crippen LogP contribution is 2.40. The molecule has 4 nitrogen and oxygen atoms in total. The molecule has 22 heavy (non-hydrogen) atoms. The molecule has 5 heteroatoms. The third-order valence-corrected chi connectivity index (χ3v) is 6.01. The van der Waals surface area contributed by atoms with Crippen molar-refractivity contribution in [1.82, 2.24) is 10.6 Å². The van der Waals surface area contributed by atoms with Crippen LogP contribution in [0.2, 0.25) is 0 Å². The van der Waals surface area contributed by atoms with Crippen molar-refractivity contribution in [2.24, 2.45) is 11.3 Å². The number of carbonyl (C=O) groups excluding carboxylic acids is 1. The SMILES string of the molecule is Cl.O=C(CC1CC2CCC(C1)N2)NCC1(CCO)CCCC1. The zero-order chi connectivity index (χ0) is 14.7. The van der Waals surface area contributed by atoms with Crippen molar-refractivity contribution < 1.29 is 9.90 Å². The van der Waals surface area contributed by atoms with E-state index in [-0.39, 0.29) is 30.3 Å². The van der Waals surface area contributed by atoms with Crippen LogP contribution >= 0.6 is 12.4 Å². The van der Waals surface area contributed by atoms with Crippen molar-refractivity contribution in [3.8, 4) is 0 Å². The average molecular weight is 331 g/mol. The Balaban J connectivity index is 0.00000176. The Labute approximate surface area is 140 Å². The molecule has 2 heterocycles. The third-order valence-electron chi connectivity index (χ3n) is 6.01. The molecule has 2 aliphatic heterocycles. The molecule has 3 aliphatic rings. The van der Waals surface area contributed by atoms with E-state index in [0.29, 0.717) is 24.4 Å². The number of rotatable bonds is 6. The molecule has 1 aliphatic carbocycles. The second-order valence-electron chi connectivity index (χ2n) is 7.64. The first-order valence-electron chi connectivity index (χ1n) is 8.83. The highest BCUT2D eigenvalue weighted by Gasteiger charge is 2.36. The van der Waals surface area contributed by atoms with Crippen molar-refractivity contribution >= 4 is 18.3 Å². The Morgan fingerprint density at radius 2 is 1.82 bits per heavy atom. The van der Waals surface area contributed by atoms with Crippen LogP contribution in [0.3, 0.4) is 0 Å². The molecule has 2 bridgehead atoms. The van der Waals surface area contributed by atoms with E-state index in [2.05, 4.69) is 10.6 Å². The summed E-state index contributed by atoms with van der Waals surface area (Å²) in [7, 11) is 0. The lowest BCUT2D eigenvalue weighted by Crippen LogP contribution is -2.41. The molecule has 2 saturated heterocycles. The number of amides is 1. The van der Waals surface area contributed by atoms with Crippen LogP contribution in [0.1, 0.15) is 64.2 Å². The number of hydrogen-bond acceptors (Lipinski definition) is 3. The maximum atomic E-state index is 12.3. The fourth-order valence-corrected chi connectivity index (χ4v) is 4.84. The smallest absolute Gasteiger partial charge is 0.220 e. The molecule has 0 radical (unpaired) electrons. The van der Waals surface area contributed by atoms with Gasteiger partial charge in [-0.2, -0.15) is 0 Å². The van der Waals surface area contributed by atoms with Gasteiger partial charge in [0.1, 0.15) is 0 Å². The molecule has 0 spiro atoms. The number of fused-ring (bicyclic) bond motifs is 2. The zero-order valence-electron chi connectivity index (χ0n) is 13.5. The predicted octanol–water partition coefficient (Wildman–Crippen LogP) is 2.39. The van der Waals surface area contributed by atoms with Gasteiger partial charge in [0, 0.05) is 31.7 Å². The maximum absolute atomic E-state index is 12.3. The first-order chi connectivity index (χ1) is 10.2. The van der Waals surface area contributed by atoms with Crippen molar-refractivity contribution in [2.75, 3.05) is 13.2 Å². The van der Waals surface area contributed by atoms with Gasteiger partial charge in [-0.05, 0) is 56.3 Å². The fourth-order valence-electron chi connectivity index (χ4n) is 4.84. The molecule has 2 unspecified atom stereocenters. The van der Waals surface area contributed by atoms with Crippen molar-refractivity contribution in [2.45, 2.75) is 76.3 Å². The van der Waals surface area contributed by atoms with Crippen molar-refractivity contribution in [1.29, 1.82) is 0 Å². The second-order valence-corrected chi connectivity index (χ2v) is 7.64. The number of hydrogen-bond donors (Lipinski definition) is 3. The third kappa shape index (κ3) is 4.36. The first-order valence-corrected chi connectivity index (χ1v) is 8.83. The van der Waals surface area contributed by atoms with Gasteiger partial charge in [-0.15, -0.1) is 12.4 Å². The van der Waals surface area contributed by atoms with Gasteiger partial charge in [-0.25, -0.2) is 0 Å². The Kier molecular flexibility index (Phi) is 6.54. The van der Waals surface area contributed by atoms with Gasteiger partial charge in [0.05, 0.1) is 0 Å². The average Bonchev–Trinajstić information content (AvgIpc) is 3.05. The lowest BCUT2D eigenvalue weighted by Gasteiger charge is -2.31. The largest absolute Gasteiger partial charge is 0.396 e. The van der Waals surface area contributed by atoms with Gasteiger partial charge in [0.2, 0.25) is 5.91 Å². The summed E-state index contributed by atoms with van der Waals surface area (Å²) in [4.78, 5) is 12.3. The van der Waals surface area contributed by atoms with E-state index < -0.39 is 0 Å². The van der Waals surface area contributed by atoms with Crippen LogP contribution < -0.4 is 10.6 Å². The Bertz CT molecular complexity index is 360. The van der Waals surface area contributed by atoms with Gasteiger partial charge < -0.3 is 15.7 Å². The molecule has 0 aromatic rings. The fraction of sp³-hybridized carbons (Fsp3) is 0.941. The standard InChI is InChI=1S/C17H30N2O2.ClH/c20-8-7-17(5-1-2-6-17)12-18-16(21)11-13-9-14-3-4-15(10-13)19-14;/h13-15,19-20H,1-12H2,(H,18,21);1H. The quantitative estimate of drug-likeness (QED) is 0.700. The molecule has 2 atom stereocenters. The van der Waals surface area contributed by atoms with Crippen LogP contribution in [-0.2, 0) is 4.79 Å². The molecule has 1 saturated carbocycles. The van der Waals surface area contributed by atoms with Gasteiger partial charge in [0.25, 0.3) is 0 Å². The number of aliphatic hydroxyl groups is 1. The molecule has 3 fully saturated rings. The summed E-state index contributed by atoms with van der Waals surface area (Å²) < 4.78 is 0. The van der Waals surface area contributed by atoms with Crippen LogP contribution in [0.5, 0.6) is 0 Å². The van der Waals surface area contributed by atoms with Gasteiger partial charge in [-0.1, -0.05) is 12.8 Å². The van der Waals surface area contributed by atoms with Crippen molar-refractivity contribution in [3.63, 3.8) is 0 Å². The molecule has 0 aromatic carbocycles. The summed E-state index contributed by atoms with van der Waals surface area (Å²) in [5.74, 6) is 0.798. The summed E-state index contributed by atoms with van der Waals surface area (Å²) in [6, 6.07) is 1.33. The normalized spacial score (nSPS) is 32.5. The van der Waals surface area contributed by atoms with Crippen LogP contribution in [0.25, 0.3) is 0 Å². The maximum Gasteiger partial charge on any atom is 0.220 e. The number of nitrogens with one attached hydrogen (secondary N) is 2. The monoisotopic (exact) mass is 330 g/mol. The molecule has 1 amide bonds. The van der Waals surface area contributed by atoms with Crippen LogP contribution in [0.4, 0.5) is 0 Å². The molecular weight excluding hydrogens is 300 g/mol. The van der Waals surface area contributed by atoms with E-state index >= 15 is 0 Å². The number of carbonyl (C=O) groups is 1. The molecule has 3 N–H and O–H groups in total. The first kappa shape index (κ1) is 18.0. The highest BCUT2D eigenvalue weighted by atomic mass is 35.5. The number of aliphatic hydroxyl groups excluding tert-OH is 1. The second kappa shape index (κ2) is 7.98. The summed E-state index contributed by atoms with van der Waals surface area (Å²) in [5.41, 5.74) is 0.178. The van der Waals surface area contributed by atoms with Gasteiger partial charge >= 0.3 is 0 Å². The lowest BCUT2D eigenvalue weighted by molar-refractivity contribution is -0.122. The van der Waals surface area contributed by atoms with E-state index in [9.17, 15) is 9.90 Å². The predicted molar refractivity (Wildman–Crippen MR) is 90.1 cm³/mol. The number of halogens is 1. The van der Waals surface area contributed by atoms with E-state index in [1.165, 1.54) is 38.5 Å². The van der Waals surface area contributed by atoms with Gasteiger partial charge in [0.15, 0.2) is 0 Å². The molecule has 3 rings (SSSR count). The van der Waals surface area contributed by atoms with Crippen LogP contribution in [-0.4, -0.2) is 36.2 Å². The Morgan fingerprint density at radius 3 is 2.41 bits per heavy atom. The Morgan fingerprint density at radius 1 is 1.18 bits per heavy atom. The topological polar surface area (TPSA) is 61.4 Å². The van der Waals surface area contributed by atoms with E-state index in [1.807, 2.05) is 0 Å². The van der Waals surface area contributed by atoms with Crippen LogP contribution in [0, 0.1) is 11.3 Å².